The zero-order chi connectivity index (χ0) is 12.0. The zero-order valence-electron chi connectivity index (χ0n) is 9.06. The van der Waals surface area contributed by atoms with Crippen LogP contribution in [0.5, 0.6) is 0 Å². The molecule has 1 fully saturated rings. The van der Waals surface area contributed by atoms with E-state index in [0.717, 1.165) is 24.7 Å². The summed E-state index contributed by atoms with van der Waals surface area (Å²) < 4.78 is 4.73. The maximum Gasteiger partial charge on any atom is 0.330 e. The summed E-state index contributed by atoms with van der Waals surface area (Å²) in [5.74, 6) is -1.14. The molecule has 0 spiro atoms. The summed E-state index contributed by atoms with van der Waals surface area (Å²) in [4.78, 5) is 22.9. The first kappa shape index (κ1) is 13.0. The number of hydrogen-bond acceptors (Lipinski definition) is 6. The van der Waals surface area contributed by atoms with Crippen LogP contribution in [0.2, 0.25) is 0 Å². The van der Waals surface area contributed by atoms with Crippen LogP contribution in [-0.4, -0.2) is 30.3 Å². The van der Waals surface area contributed by atoms with Gasteiger partial charge < -0.3 is 10.1 Å². The Kier molecular flexibility index (Phi) is 5.29. The van der Waals surface area contributed by atoms with Crippen molar-refractivity contribution in [1.82, 2.24) is 5.32 Å². The Morgan fingerprint density at radius 2 is 2.44 bits per heavy atom. The van der Waals surface area contributed by atoms with Crippen molar-refractivity contribution in [2.24, 2.45) is 5.92 Å². The molecule has 0 bridgehead atoms. The molecule has 0 radical (unpaired) electrons. The molecule has 0 aliphatic carbocycles. The SMILES string of the molecule is C[C@H](CSC#N)C(=O)OC(=O)[C@@H]1CCCN1. The molecule has 0 saturated carbocycles. The number of thioether (sulfide) groups is 1. The van der Waals surface area contributed by atoms with Gasteiger partial charge >= 0.3 is 11.9 Å². The number of nitriles is 1. The van der Waals surface area contributed by atoms with Gasteiger partial charge in [0.25, 0.3) is 0 Å². The van der Waals surface area contributed by atoms with Crippen LogP contribution in [0.25, 0.3) is 0 Å². The van der Waals surface area contributed by atoms with Crippen LogP contribution in [0, 0.1) is 16.6 Å². The Balaban J connectivity index is 2.32. The van der Waals surface area contributed by atoms with Gasteiger partial charge in [0.05, 0.1) is 5.92 Å². The molecule has 1 heterocycles. The van der Waals surface area contributed by atoms with Gasteiger partial charge in [-0.3, -0.25) is 4.79 Å². The van der Waals surface area contributed by atoms with E-state index in [9.17, 15) is 9.59 Å². The fourth-order valence-corrected chi connectivity index (χ4v) is 1.85. The lowest BCUT2D eigenvalue weighted by Crippen LogP contribution is -2.35. The van der Waals surface area contributed by atoms with E-state index >= 15 is 0 Å². The Bertz CT molecular complexity index is 308. The molecule has 5 nitrogen and oxygen atoms in total. The maximum atomic E-state index is 11.5. The minimum Gasteiger partial charge on any atom is -0.392 e. The predicted octanol–water partition coefficient (Wildman–Crippen LogP) is 0.659. The van der Waals surface area contributed by atoms with Crippen LogP contribution in [0.3, 0.4) is 0 Å². The smallest absolute Gasteiger partial charge is 0.330 e. The third kappa shape index (κ3) is 3.83. The fraction of sp³-hybridized carbons (Fsp3) is 0.700. The van der Waals surface area contributed by atoms with Crippen LogP contribution in [0.15, 0.2) is 0 Å². The van der Waals surface area contributed by atoms with Gasteiger partial charge in [-0.05, 0) is 31.1 Å². The van der Waals surface area contributed by atoms with Crippen LogP contribution >= 0.6 is 11.8 Å². The molecule has 0 unspecified atom stereocenters. The first-order valence-electron chi connectivity index (χ1n) is 5.15. The second-order valence-electron chi connectivity index (χ2n) is 3.69. The number of nitrogens with one attached hydrogen (secondary N) is 1. The molecule has 0 aromatic rings. The topological polar surface area (TPSA) is 79.2 Å². The standard InChI is InChI=1S/C10H14N2O3S/c1-7(5-16-6-11)9(13)15-10(14)8-3-2-4-12-8/h7-8,12H,2-5H2,1H3/t7-,8+/m1/s1. The zero-order valence-corrected chi connectivity index (χ0v) is 9.88. The van der Waals surface area contributed by atoms with Crippen molar-refractivity contribution < 1.29 is 14.3 Å². The number of rotatable bonds is 4. The van der Waals surface area contributed by atoms with E-state index in [-0.39, 0.29) is 6.04 Å². The molecular formula is C10H14N2O3S. The first-order chi connectivity index (χ1) is 7.65. The summed E-state index contributed by atoms with van der Waals surface area (Å²) in [5, 5.41) is 13.2. The second-order valence-corrected chi connectivity index (χ2v) is 4.50. The lowest BCUT2D eigenvalue weighted by Gasteiger charge is -2.11. The van der Waals surface area contributed by atoms with Crippen molar-refractivity contribution in [2.45, 2.75) is 25.8 Å². The molecule has 2 atom stereocenters. The van der Waals surface area contributed by atoms with E-state index in [0.29, 0.717) is 12.2 Å². The molecule has 1 rings (SSSR count). The van der Waals surface area contributed by atoms with Gasteiger partial charge in [0.2, 0.25) is 0 Å². The minimum atomic E-state index is -0.554. The molecule has 1 aliphatic rings. The average Bonchev–Trinajstić information content (AvgIpc) is 2.79. The summed E-state index contributed by atoms with van der Waals surface area (Å²) in [5.41, 5.74) is 0. The van der Waals surface area contributed by atoms with Crippen LogP contribution in [0.1, 0.15) is 19.8 Å². The summed E-state index contributed by atoms with van der Waals surface area (Å²) in [6.45, 7) is 2.43. The second kappa shape index (κ2) is 6.51. The van der Waals surface area contributed by atoms with Crippen molar-refractivity contribution in [3.05, 3.63) is 0 Å². The molecular weight excluding hydrogens is 228 g/mol. The van der Waals surface area contributed by atoms with Gasteiger partial charge in [-0.2, -0.15) is 5.26 Å². The van der Waals surface area contributed by atoms with E-state index in [1.165, 1.54) is 0 Å². The number of carbonyl (C=O) groups excluding carboxylic acids is 2. The molecule has 1 aliphatic heterocycles. The van der Waals surface area contributed by atoms with Crippen LogP contribution in [0.4, 0.5) is 0 Å². The molecule has 16 heavy (non-hydrogen) atoms. The highest BCUT2D eigenvalue weighted by molar-refractivity contribution is 8.03. The van der Waals surface area contributed by atoms with Crippen molar-refractivity contribution >= 4 is 23.7 Å². The minimum absolute atomic E-state index is 0.347. The number of hydrogen-bond donors (Lipinski definition) is 1. The predicted molar refractivity (Wildman–Crippen MR) is 59.4 cm³/mol. The normalized spacial score (nSPS) is 21.1. The molecule has 1 saturated heterocycles. The molecule has 0 aromatic heterocycles. The van der Waals surface area contributed by atoms with Crippen LogP contribution in [-0.2, 0) is 14.3 Å². The average molecular weight is 242 g/mol. The number of esters is 2. The van der Waals surface area contributed by atoms with E-state index in [1.54, 1.807) is 6.92 Å². The Hall–Kier alpha value is -1.06. The van der Waals surface area contributed by atoms with Crippen molar-refractivity contribution in [1.29, 1.82) is 5.26 Å². The monoisotopic (exact) mass is 242 g/mol. The highest BCUT2D eigenvalue weighted by Gasteiger charge is 2.27. The molecule has 1 N–H and O–H groups in total. The van der Waals surface area contributed by atoms with Gasteiger partial charge in [0.1, 0.15) is 11.4 Å². The molecule has 0 amide bonds. The highest BCUT2D eigenvalue weighted by atomic mass is 32.2. The highest BCUT2D eigenvalue weighted by Crippen LogP contribution is 2.11. The third-order valence-corrected chi connectivity index (χ3v) is 3.14. The summed E-state index contributed by atoms with van der Waals surface area (Å²) in [6.07, 6.45) is 1.64. The van der Waals surface area contributed by atoms with E-state index in [2.05, 4.69) is 5.32 Å². The van der Waals surface area contributed by atoms with Gasteiger partial charge in [0.15, 0.2) is 0 Å². The summed E-state index contributed by atoms with van der Waals surface area (Å²) in [7, 11) is 0. The van der Waals surface area contributed by atoms with Crippen LogP contribution < -0.4 is 5.32 Å². The Morgan fingerprint density at radius 1 is 1.69 bits per heavy atom. The number of nitrogens with zero attached hydrogens (tertiary/aromatic N) is 1. The van der Waals surface area contributed by atoms with E-state index in [1.807, 2.05) is 5.40 Å². The summed E-state index contributed by atoms with van der Waals surface area (Å²) >= 11 is 0.982. The van der Waals surface area contributed by atoms with E-state index < -0.39 is 17.9 Å². The lowest BCUT2D eigenvalue weighted by molar-refractivity contribution is -0.163. The summed E-state index contributed by atoms with van der Waals surface area (Å²) in [6, 6.07) is -0.347. The van der Waals surface area contributed by atoms with E-state index in [4.69, 9.17) is 10.00 Å². The van der Waals surface area contributed by atoms with Crippen molar-refractivity contribution in [2.75, 3.05) is 12.3 Å². The lowest BCUT2D eigenvalue weighted by atomic mass is 10.2. The quantitative estimate of drug-likeness (QED) is 0.443. The number of thiocyanates is 1. The van der Waals surface area contributed by atoms with Crippen molar-refractivity contribution in [3.8, 4) is 5.40 Å². The third-order valence-electron chi connectivity index (χ3n) is 2.35. The van der Waals surface area contributed by atoms with Gasteiger partial charge in [-0.25, -0.2) is 4.79 Å². The number of carbonyl (C=O) groups is 2. The largest absolute Gasteiger partial charge is 0.392 e. The molecule has 88 valence electrons. The van der Waals surface area contributed by atoms with Gasteiger partial charge in [0, 0.05) is 5.75 Å². The Morgan fingerprint density at radius 3 is 3.00 bits per heavy atom. The molecule has 6 heteroatoms. The molecule has 0 aromatic carbocycles. The Labute approximate surface area is 98.5 Å². The van der Waals surface area contributed by atoms with Gasteiger partial charge in [-0.15, -0.1) is 0 Å². The first-order valence-corrected chi connectivity index (χ1v) is 6.13. The van der Waals surface area contributed by atoms with Gasteiger partial charge in [-0.1, -0.05) is 6.92 Å². The number of ether oxygens (including phenoxy) is 1. The van der Waals surface area contributed by atoms with Crippen molar-refractivity contribution in [3.63, 3.8) is 0 Å². The fourth-order valence-electron chi connectivity index (χ4n) is 1.39. The maximum absolute atomic E-state index is 11.5.